The van der Waals surface area contributed by atoms with Gasteiger partial charge in [-0.15, -0.1) is 0 Å². The number of benzene rings is 1. The number of ether oxygens (including phenoxy) is 1. The molecule has 0 radical (unpaired) electrons. The summed E-state index contributed by atoms with van der Waals surface area (Å²) in [4.78, 5) is 11.6. The molecule has 0 spiro atoms. The Bertz CT molecular complexity index is 566. The monoisotopic (exact) mass is 480 g/mol. The van der Waals surface area contributed by atoms with Gasteiger partial charge in [0, 0.05) is 17.4 Å². The van der Waals surface area contributed by atoms with E-state index in [-0.39, 0.29) is 6.42 Å². The molecule has 1 fully saturated rings. The van der Waals surface area contributed by atoms with E-state index in [1.807, 2.05) is 21.6 Å². The first-order chi connectivity index (χ1) is 10.9. The quantitative estimate of drug-likeness (QED) is 0.0789. The molecule has 9 heteroatoms. The van der Waals surface area contributed by atoms with Crippen molar-refractivity contribution in [1.82, 2.24) is 0 Å². The largest absolute Gasteiger partial charge is 0.420 e. The molecule has 0 amide bonds. The number of unbranched alkanes of at least 4 members (excludes halogenated alkanes) is 1. The molecular formula is C14H13F4IO2S2. The van der Waals surface area contributed by atoms with E-state index in [0.29, 0.717) is 11.7 Å². The number of esters is 1. The van der Waals surface area contributed by atoms with Crippen molar-refractivity contribution in [2.45, 2.75) is 37.4 Å². The number of hydrogen-bond donors (Lipinski definition) is 0. The van der Waals surface area contributed by atoms with Gasteiger partial charge < -0.3 is 4.74 Å². The summed E-state index contributed by atoms with van der Waals surface area (Å²) in [7, 11) is 3.65. The molecule has 0 aromatic heterocycles. The molecule has 0 aliphatic carbocycles. The van der Waals surface area contributed by atoms with Gasteiger partial charge in [-0.05, 0) is 41.9 Å². The lowest BCUT2D eigenvalue weighted by molar-refractivity contribution is -0.135. The van der Waals surface area contributed by atoms with E-state index >= 15 is 0 Å². The van der Waals surface area contributed by atoms with Crippen LogP contribution in [0.15, 0.2) is 0 Å². The zero-order chi connectivity index (χ0) is 17.0. The molecule has 2 rings (SSSR count). The van der Waals surface area contributed by atoms with Crippen LogP contribution in [0.2, 0.25) is 0 Å². The first-order valence-electron chi connectivity index (χ1n) is 6.92. The van der Waals surface area contributed by atoms with Crippen molar-refractivity contribution in [3.63, 3.8) is 0 Å². The number of carbonyl (C=O) groups is 1. The Hall–Kier alpha value is -0.160. The Morgan fingerprint density at radius 1 is 1.13 bits per heavy atom. The minimum atomic E-state index is -1.69. The predicted octanol–water partition coefficient (Wildman–Crippen LogP) is 5.47. The van der Waals surface area contributed by atoms with Crippen molar-refractivity contribution in [2.24, 2.45) is 0 Å². The van der Waals surface area contributed by atoms with Gasteiger partial charge in [-0.1, -0.05) is 28.0 Å². The molecule has 0 N–H and O–H groups in total. The lowest BCUT2D eigenvalue weighted by atomic mass is 10.1. The first-order valence-corrected chi connectivity index (χ1v) is 10.4. The van der Waals surface area contributed by atoms with Gasteiger partial charge in [0.15, 0.2) is 11.6 Å². The SMILES string of the molecule is O=C(CCCC[C@@H]1CCSS1)Oc1c(F)c(F)c(I)c(F)c1F. The summed E-state index contributed by atoms with van der Waals surface area (Å²) in [5, 5.41) is 0.574. The molecule has 1 aromatic rings. The summed E-state index contributed by atoms with van der Waals surface area (Å²) < 4.78 is 57.6. The highest BCUT2D eigenvalue weighted by Gasteiger charge is 2.27. The van der Waals surface area contributed by atoms with Crippen LogP contribution >= 0.6 is 44.2 Å². The van der Waals surface area contributed by atoms with E-state index in [1.165, 1.54) is 0 Å². The average molecular weight is 480 g/mol. The third-order valence-corrected chi connectivity index (χ3v) is 7.22. The second-order valence-electron chi connectivity index (χ2n) is 4.95. The van der Waals surface area contributed by atoms with Crippen molar-refractivity contribution in [3.05, 3.63) is 26.8 Å². The van der Waals surface area contributed by atoms with Gasteiger partial charge in [0.05, 0.1) is 3.57 Å². The van der Waals surface area contributed by atoms with Crippen molar-refractivity contribution < 1.29 is 27.1 Å². The third-order valence-electron chi connectivity index (χ3n) is 3.27. The molecule has 1 heterocycles. The van der Waals surface area contributed by atoms with Crippen molar-refractivity contribution in [2.75, 3.05) is 5.75 Å². The number of carbonyl (C=O) groups excluding carboxylic acids is 1. The maximum Gasteiger partial charge on any atom is 0.311 e. The molecule has 0 unspecified atom stereocenters. The van der Waals surface area contributed by atoms with E-state index in [9.17, 15) is 22.4 Å². The molecule has 0 bridgehead atoms. The standard InChI is InChI=1S/C14H13F4IO2S2/c15-9-11(17)14(12(18)10(16)13(9)19)21-8(20)4-2-1-3-7-5-6-22-23-7/h7H,1-6H2/t7-/m1/s1. The molecule has 128 valence electrons. The zero-order valence-corrected chi connectivity index (χ0v) is 15.6. The molecule has 1 aliphatic rings. The van der Waals surface area contributed by atoms with E-state index in [0.717, 1.165) is 47.6 Å². The topological polar surface area (TPSA) is 26.3 Å². The highest BCUT2D eigenvalue weighted by Crippen LogP contribution is 2.40. The Labute approximate surface area is 152 Å². The molecule has 1 saturated heterocycles. The van der Waals surface area contributed by atoms with Gasteiger partial charge in [0.25, 0.3) is 0 Å². The second kappa shape index (κ2) is 8.80. The van der Waals surface area contributed by atoms with Crippen LogP contribution in [0.5, 0.6) is 5.75 Å². The molecule has 1 aliphatic heterocycles. The van der Waals surface area contributed by atoms with Crippen LogP contribution in [0.1, 0.15) is 32.1 Å². The van der Waals surface area contributed by atoms with Gasteiger partial charge >= 0.3 is 5.97 Å². The molecule has 1 atom stereocenters. The fourth-order valence-corrected chi connectivity index (χ4v) is 5.55. The summed E-state index contributed by atoms with van der Waals surface area (Å²) in [5.41, 5.74) is 0. The Morgan fingerprint density at radius 3 is 2.35 bits per heavy atom. The fraction of sp³-hybridized carbons (Fsp3) is 0.500. The summed E-state index contributed by atoms with van der Waals surface area (Å²) in [5.74, 6) is -7.61. The van der Waals surface area contributed by atoms with Crippen molar-refractivity contribution >= 4 is 50.1 Å². The Kier molecular flexibility index (Phi) is 7.33. The van der Waals surface area contributed by atoms with E-state index in [2.05, 4.69) is 4.74 Å². The van der Waals surface area contributed by atoms with Crippen LogP contribution < -0.4 is 4.74 Å². The van der Waals surface area contributed by atoms with Crippen LogP contribution in [-0.4, -0.2) is 17.0 Å². The van der Waals surface area contributed by atoms with Gasteiger partial charge in [-0.3, -0.25) is 4.79 Å². The van der Waals surface area contributed by atoms with Crippen LogP contribution in [0.4, 0.5) is 17.6 Å². The highest BCUT2D eigenvalue weighted by atomic mass is 127. The van der Waals surface area contributed by atoms with Crippen molar-refractivity contribution in [1.29, 1.82) is 0 Å². The van der Waals surface area contributed by atoms with Crippen LogP contribution in [0.25, 0.3) is 0 Å². The molecule has 23 heavy (non-hydrogen) atoms. The fourth-order valence-electron chi connectivity index (χ4n) is 2.05. The van der Waals surface area contributed by atoms with Gasteiger partial charge in [0.2, 0.25) is 17.4 Å². The Balaban J connectivity index is 1.87. The van der Waals surface area contributed by atoms with Crippen LogP contribution in [0, 0.1) is 26.8 Å². The van der Waals surface area contributed by atoms with Gasteiger partial charge in [0.1, 0.15) is 0 Å². The summed E-state index contributed by atoms with van der Waals surface area (Å²) in [6, 6.07) is 0. The predicted molar refractivity (Wildman–Crippen MR) is 91.5 cm³/mol. The van der Waals surface area contributed by atoms with E-state index < -0.39 is 38.6 Å². The maximum atomic E-state index is 13.6. The van der Waals surface area contributed by atoms with Gasteiger partial charge in [-0.2, -0.15) is 8.78 Å². The van der Waals surface area contributed by atoms with E-state index in [4.69, 9.17) is 0 Å². The number of rotatable bonds is 6. The molecule has 2 nitrogen and oxygen atoms in total. The zero-order valence-electron chi connectivity index (χ0n) is 11.8. The Morgan fingerprint density at radius 2 is 1.78 bits per heavy atom. The minimum Gasteiger partial charge on any atom is -0.420 e. The average Bonchev–Trinajstić information content (AvgIpc) is 3.05. The number of hydrogen-bond acceptors (Lipinski definition) is 4. The lowest BCUT2D eigenvalue weighted by Crippen LogP contribution is -2.13. The first kappa shape index (κ1) is 19.2. The lowest BCUT2D eigenvalue weighted by Gasteiger charge is -2.10. The van der Waals surface area contributed by atoms with E-state index in [1.54, 1.807) is 0 Å². The summed E-state index contributed by atoms with van der Waals surface area (Å²) in [6.45, 7) is 0. The second-order valence-corrected chi connectivity index (χ2v) is 8.81. The molecule has 0 saturated carbocycles. The summed E-state index contributed by atoms with van der Waals surface area (Å²) >= 11 is 1.14. The molecule has 1 aromatic carbocycles. The smallest absolute Gasteiger partial charge is 0.311 e. The third kappa shape index (κ3) is 4.91. The van der Waals surface area contributed by atoms with Crippen LogP contribution in [-0.2, 0) is 4.79 Å². The number of halogens is 5. The minimum absolute atomic E-state index is 0.0569. The summed E-state index contributed by atoms with van der Waals surface area (Å²) in [6.07, 6.45) is 3.32. The van der Waals surface area contributed by atoms with Gasteiger partial charge in [-0.25, -0.2) is 8.78 Å². The molecular weight excluding hydrogens is 467 g/mol. The van der Waals surface area contributed by atoms with Crippen molar-refractivity contribution in [3.8, 4) is 5.75 Å². The van der Waals surface area contributed by atoms with Crippen LogP contribution in [0.3, 0.4) is 0 Å². The maximum absolute atomic E-state index is 13.6. The highest BCUT2D eigenvalue weighted by molar-refractivity contribution is 14.1. The normalized spacial score (nSPS) is 17.5.